The standard InChI is InChI=1S/C20H22Cl3N3O4/c1-12(27)25-20(8-4-2-3-5-9-20)19-24-16(30-26-19)6-7-17(28)29-18-14(22)10-13(21)11-15(18)23/h10-11H,2-9H2,1H3,(H,25,27). The van der Waals surface area contributed by atoms with Gasteiger partial charge in [0.15, 0.2) is 11.6 Å². The number of carbonyl (C=O) groups excluding carboxylic acids is 2. The van der Waals surface area contributed by atoms with Crippen LogP contribution in [0.1, 0.15) is 63.6 Å². The number of hydrogen-bond acceptors (Lipinski definition) is 6. The van der Waals surface area contributed by atoms with Crippen LogP contribution in [0.2, 0.25) is 15.1 Å². The van der Waals surface area contributed by atoms with E-state index in [0.717, 1.165) is 38.5 Å². The molecular formula is C20H22Cl3N3O4. The van der Waals surface area contributed by atoms with Crippen LogP contribution >= 0.6 is 34.8 Å². The van der Waals surface area contributed by atoms with Crippen molar-refractivity contribution in [2.45, 2.75) is 63.8 Å². The summed E-state index contributed by atoms with van der Waals surface area (Å²) in [5.74, 6) is 0.119. The van der Waals surface area contributed by atoms with Gasteiger partial charge >= 0.3 is 5.97 Å². The zero-order valence-corrected chi connectivity index (χ0v) is 18.7. The summed E-state index contributed by atoms with van der Waals surface area (Å²) in [4.78, 5) is 28.5. The number of rotatable bonds is 6. The third-order valence-corrected chi connectivity index (χ3v) is 5.77. The van der Waals surface area contributed by atoms with Crippen LogP contribution in [0, 0.1) is 0 Å². The van der Waals surface area contributed by atoms with Gasteiger partial charge in [0.1, 0.15) is 5.54 Å². The van der Waals surface area contributed by atoms with Gasteiger partial charge in [0.05, 0.1) is 16.5 Å². The third-order valence-electron chi connectivity index (χ3n) is 4.99. The van der Waals surface area contributed by atoms with E-state index < -0.39 is 11.5 Å². The van der Waals surface area contributed by atoms with Crippen molar-refractivity contribution in [1.82, 2.24) is 15.5 Å². The molecule has 1 aliphatic rings. The molecule has 1 heterocycles. The summed E-state index contributed by atoms with van der Waals surface area (Å²) in [6, 6.07) is 2.88. The number of benzene rings is 1. The maximum atomic E-state index is 12.2. The molecular weight excluding hydrogens is 453 g/mol. The number of amides is 1. The van der Waals surface area contributed by atoms with Crippen molar-refractivity contribution in [2.24, 2.45) is 0 Å². The van der Waals surface area contributed by atoms with Crippen LogP contribution in [0.15, 0.2) is 16.7 Å². The molecule has 30 heavy (non-hydrogen) atoms. The van der Waals surface area contributed by atoms with E-state index in [0.29, 0.717) is 16.7 Å². The van der Waals surface area contributed by atoms with Crippen molar-refractivity contribution in [3.8, 4) is 5.75 Å². The second-order valence-electron chi connectivity index (χ2n) is 7.36. The fraction of sp³-hybridized carbons (Fsp3) is 0.500. The molecule has 1 fully saturated rings. The van der Waals surface area contributed by atoms with E-state index in [1.54, 1.807) is 0 Å². The first kappa shape index (κ1) is 22.8. The molecule has 0 radical (unpaired) electrons. The number of ether oxygens (including phenoxy) is 1. The third kappa shape index (κ3) is 5.65. The Hall–Kier alpha value is -1.83. The van der Waals surface area contributed by atoms with Crippen molar-refractivity contribution in [3.05, 3.63) is 38.9 Å². The molecule has 1 N–H and O–H groups in total. The van der Waals surface area contributed by atoms with Crippen LogP contribution in [0.25, 0.3) is 0 Å². The van der Waals surface area contributed by atoms with Gasteiger partial charge in [-0.15, -0.1) is 0 Å². The molecule has 0 spiro atoms. The van der Waals surface area contributed by atoms with Crippen molar-refractivity contribution in [3.63, 3.8) is 0 Å². The monoisotopic (exact) mass is 473 g/mol. The lowest BCUT2D eigenvalue weighted by molar-refractivity contribution is -0.134. The van der Waals surface area contributed by atoms with Gasteiger partial charge in [-0.3, -0.25) is 9.59 Å². The van der Waals surface area contributed by atoms with Gasteiger partial charge in [-0.1, -0.05) is 65.6 Å². The number of carbonyl (C=O) groups is 2. The normalized spacial score (nSPS) is 16.0. The second-order valence-corrected chi connectivity index (χ2v) is 8.61. The van der Waals surface area contributed by atoms with Gasteiger partial charge < -0.3 is 14.6 Å². The quantitative estimate of drug-likeness (QED) is 0.349. The van der Waals surface area contributed by atoms with Gasteiger partial charge in [-0.25, -0.2) is 0 Å². The smallest absolute Gasteiger partial charge is 0.311 e. The van der Waals surface area contributed by atoms with Crippen molar-refractivity contribution in [1.29, 1.82) is 0 Å². The second kappa shape index (κ2) is 9.98. The van der Waals surface area contributed by atoms with Gasteiger partial charge in [0.2, 0.25) is 11.8 Å². The number of aryl methyl sites for hydroxylation is 1. The number of nitrogens with zero attached hydrogens (tertiary/aromatic N) is 2. The molecule has 1 saturated carbocycles. The first-order chi connectivity index (χ1) is 14.3. The summed E-state index contributed by atoms with van der Waals surface area (Å²) in [7, 11) is 0. The number of nitrogens with one attached hydrogen (secondary N) is 1. The number of aromatic nitrogens is 2. The van der Waals surface area contributed by atoms with E-state index in [2.05, 4.69) is 15.5 Å². The first-order valence-corrected chi connectivity index (χ1v) is 10.9. The Morgan fingerprint density at radius 2 is 1.77 bits per heavy atom. The molecule has 1 aliphatic carbocycles. The molecule has 162 valence electrons. The molecule has 0 bridgehead atoms. The highest BCUT2D eigenvalue weighted by Gasteiger charge is 2.38. The fourth-order valence-corrected chi connectivity index (χ4v) is 4.52. The number of esters is 1. The predicted octanol–water partition coefficient (Wildman–Crippen LogP) is 5.25. The average molecular weight is 475 g/mol. The van der Waals surface area contributed by atoms with Crippen molar-refractivity contribution < 1.29 is 18.8 Å². The van der Waals surface area contributed by atoms with E-state index in [-0.39, 0.29) is 34.5 Å². The number of halogens is 3. The van der Waals surface area contributed by atoms with Crippen LogP contribution in [0.3, 0.4) is 0 Å². The lowest BCUT2D eigenvalue weighted by Crippen LogP contribution is -2.45. The van der Waals surface area contributed by atoms with Gasteiger partial charge in [0.25, 0.3) is 0 Å². The molecule has 1 aromatic carbocycles. The molecule has 7 nitrogen and oxygen atoms in total. The van der Waals surface area contributed by atoms with Crippen LogP contribution < -0.4 is 10.1 Å². The number of hydrogen-bond donors (Lipinski definition) is 1. The minimum absolute atomic E-state index is 0.00987. The van der Waals surface area contributed by atoms with Crippen LogP contribution in [0.5, 0.6) is 5.75 Å². The molecule has 1 aromatic heterocycles. The highest BCUT2D eigenvalue weighted by molar-refractivity contribution is 6.40. The van der Waals surface area contributed by atoms with Crippen LogP contribution in [0.4, 0.5) is 0 Å². The maximum Gasteiger partial charge on any atom is 0.311 e. The minimum Gasteiger partial charge on any atom is -0.423 e. The zero-order chi connectivity index (χ0) is 21.7. The topological polar surface area (TPSA) is 94.3 Å². The molecule has 0 atom stereocenters. The average Bonchev–Trinajstić information content (AvgIpc) is 3.03. The summed E-state index contributed by atoms with van der Waals surface area (Å²) in [6.07, 6.45) is 5.83. The highest BCUT2D eigenvalue weighted by Crippen LogP contribution is 2.36. The molecule has 0 saturated heterocycles. The molecule has 2 aromatic rings. The van der Waals surface area contributed by atoms with Gasteiger partial charge in [0, 0.05) is 18.4 Å². The Morgan fingerprint density at radius 3 is 2.37 bits per heavy atom. The van der Waals surface area contributed by atoms with E-state index in [4.69, 9.17) is 44.1 Å². The SMILES string of the molecule is CC(=O)NC1(c2noc(CCC(=O)Oc3c(Cl)cc(Cl)cc3Cl)n2)CCCCCC1. The van der Waals surface area contributed by atoms with E-state index >= 15 is 0 Å². The summed E-state index contributed by atoms with van der Waals surface area (Å²) in [5, 5.41) is 7.75. The molecule has 0 unspecified atom stereocenters. The highest BCUT2D eigenvalue weighted by atomic mass is 35.5. The van der Waals surface area contributed by atoms with Crippen LogP contribution in [-0.2, 0) is 21.5 Å². The van der Waals surface area contributed by atoms with Gasteiger partial charge in [-0.05, 0) is 25.0 Å². The summed E-state index contributed by atoms with van der Waals surface area (Å²) in [5.41, 5.74) is -0.630. The molecule has 0 aliphatic heterocycles. The Bertz CT molecular complexity index is 901. The Morgan fingerprint density at radius 1 is 1.13 bits per heavy atom. The molecule has 3 rings (SSSR count). The minimum atomic E-state index is -0.630. The Kier molecular flexibility index (Phi) is 7.60. The van der Waals surface area contributed by atoms with E-state index in [9.17, 15) is 9.59 Å². The summed E-state index contributed by atoms with van der Waals surface area (Å²) < 4.78 is 10.6. The molecule has 10 heteroatoms. The molecule has 1 amide bonds. The first-order valence-electron chi connectivity index (χ1n) is 9.76. The summed E-state index contributed by atoms with van der Waals surface area (Å²) >= 11 is 17.9. The van der Waals surface area contributed by atoms with Gasteiger partial charge in [-0.2, -0.15) is 4.98 Å². The lowest BCUT2D eigenvalue weighted by atomic mass is 9.89. The fourth-order valence-electron chi connectivity index (χ4n) is 3.62. The van der Waals surface area contributed by atoms with Crippen molar-refractivity contribution in [2.75, 3.05) is 0 Å². The lowest BCUT2D eigenvalue weighted by Gasteiger charge is -2.30. The zero-order valence-electron chi connectivity index (χ0n) is 16.5. The Balaban J connectivity index is 1.66. The Labute approximate surface area is 189 Å². The van der Waals surface area contributed by atoms with E-state index in [1.807, 2.05) is 0 Å². The predicted molar refractivity (Wildman–Crippen MR) is 113 cm³/mol. The van der Waals surface area contributed by atoms with Crippen LogP contribution in [-0.4, -0.2) is 22.0 Å². The summed E-state index contributed by atoms with van der Waals surface area (Å²) in [6.45, 7) is 1.48. The maximum absolute atomic E-state index is 12.2. The van der Waals surface area contributed by atoms with E-state index in [1.165, 1.54) is 19.1 Å². The largest absolute Gasteiger partial charge is 0.423 e. The van der Waals surface area contributed by atoms with Crippen molar-refractivity contribution >= 4 is 46.7 Å².